The highest BCUT2D eigenvalue weighted by Crippen LogP contribution is 2.58. The highest BCUT2D eigenvalue weighted by Gasteiger charge is 2.75. The van der Waals surface area contributed by atoms with E-state index in [2.05, 4.69) is 6.92 Å². The Morgan fingerprint density at radius 1 is 1.09 bits per heavy atom. The van der Waals surface area contributed by atoms with Crippen LogP contribution in [-0.2, 0) is 23.9 Å². The van der Waals surface area contributed by atoms with Crippen LogP contribution in [0.2, 0.25) is 0 Å². The quantitative estimate of drug-likeness (QED) is 0.329. The van der Waals surface area contributed by atoms with Crippen molar-refractivity contribution in [2.45, 2.75) is 82.6 Å². The van der Waals surface area contributed by atoms with Crippen LogP contribution in [0.3, 0.4) is 0 Å². The molecule has 0 saturated carbocycles. The minimum Gasteiger partial charge on any atom is -0.465 e. The predicted molar refractivity (Wildman–Crippen MR) is 126 cm³/mol. The van der Waals surface area contributed by atoms with Crippen molar-refractivity contribution in [3.05, 3.63) is 24.3 Å². The first-order chi connectivity index (χ1) is 16.4. The molecule has 2 saturated heterocycles. The second-order valence-corrected chi connectivity index (χ2v) is 9.86. The van der Waals surface area contributed by atoms with Crippen LogP contribution in [0, 0.1) is 11.8 Å². The minimum absolute atomic E-state index is 0.179. The Bertz CT molecular complexity index is 867. The third-order valence-corrected chi connectivity index (χ3v) is 8.03. The number of aliphatic hydroxyl groups is 1. The first-order valence-corrected chi connectivity index (χ1v) is 12.8. The molecule has 4 heterocycles. The van der Waals surface area contributed by atoms with E-state index in [4.69, 9.17) is 9.47 Å². The van der Waals surface area contributed by atoms with Gasteiger partial charge >= 0.3 is 5.97 Å². The lowest BCUT2D eigenvalue weighted by Gasteiger charge is -2.40. The van der Waals surface area contributed by atoms with Gasteiger partial charge < -0.3 is 24.4 Å². The summed E-state index contributed by atoms with van der Waals surface area (Å²) in [6, 6.07) is -1.46. The van der Waals surface area contributed by atoms with Gasteiger partial charge in [-0.2, -0.15) is 0 Å². The Labute approximate surface area is 201 Å². The Morgan fingerprint density at radius 2 is 1.88 bits per heavy atom. The molecule has 1 unspecified atom stereocenters. The molecule has 0 aliphatic carbocycles. The molecule has 0 aromatic rings. The molecule has 0 aromatic carbocycles. The predicted octanol–water partition coefficient (Wildman–Crippen LogP) is 2.21. The highest BCUT2D eigenvalue weighted by molar-refractivity contribution is 5.99. The number of rotatable bonds is 8. The van der Waals surface area contributed by atoms with Crippen LogP contribution >= 0.6 is 0 Å². The lowest BCUT2D eigenvalue weighted by Crippen LogP contribution is -2.59. The van der Waals surface area contributed by atoms with Gasteiger partial charge in [0.25, 0.3) is 0 Å². The van der Waals surface area contributed by atoms with E-state index >= 15 is 0 Å². The summed E-state index contributed by atoms with van der Waals surface area (Å²) < 4.78 is 12.4. The fourth-order valence-corrected chi connectivity index (χ4v) is 6.28. The number of aliphatic hydroxyl groups excluding tert-OH is 1. The largest absolute Gasteiger partial charge is 0.465 e. The fourth-order valence-electron chi connectivity index (χ4n) is 6.28. The van der Waals surface area contributed by atoms with Crippen molar-refractivity contribution in [3.8, 4) is 0 Å². The van der Waals surface area contributed by atoms with Crippen molar-refractivity contribution in [2.75, 3.05) is 26.3 Å². The second kappa shape index (κ2) is 9.82. The van der Waals surface area contributed by atoms with Crippen LogP contribution < -0.4 is 0 Å². The number of carbonyl (C=O) groups excluding carboxylic acids is 3. The maximum Gasteiger partial charge on any atom is 0.313 e. The van der Waals surface area contributed by atoms with Crippen LogP contribution in [0.25, 0.3) is 0 Å². The average molecular weight is 475 g/mol. The third-order valence-electron chi connectivity index (χ3n) is 8.03. The number of likely N-dealkylation sites (tertiary alicyclic amines) is 1. The van der Waals surface area contributed by atoms with Gasteiger partial charge in [0.2, 0.25) is 11.8 Å². The van der Waals surface area contributed by atoms with Gasteiger partial charge in [0.05, 0.1) is 25.2 Å². The molecule has 6 atom stereocenters. The average Bonchev–Trinajstić information content (AvgIpc) is 3.18. The number of ether oxygens (including phenoxy) is 2. The number of amides is 2. The zero-order valence-corrected chi connectivity index (χ0v) is 20.6. The number of nitrogens with zero attached hydrogens (tertiary/aromatic N) is 2. The number of esters is 1. The number of fused-ring (bicyclic) bond motifs is 2. The summed E-state index contributed by atoms with van der Waals surface area (Å²) in [4.78, 5) is 44.8. The van der Waals surface area contributed by atoms with Gasteiger partial charge in [0.15, 0.2) is 0 Å². The minimum atomic E-state index is -1.29. The first kappa shape index (κ1) is 24.9. The molecular weight excluding hydrogens is 436 g/mol. The van der Waals surface area contributed by atoms with Crippen molar-refractivity contribution in [1.29, 1.82) is 0 Å². The maximum atomic E-state index is 14.1. The smallest absolute Gasteiger partial charge is 0.313 e. The molecular formula is C26H38N2O6. The molecule has 0 radical (unpaired) electrons. The summed E-state index contributed by atoms with van der Waals surface area (Å²) in [6.45, 7) is 6.95. The molecule has 2 fully saturated rings. The summed E-state index contributed by atoms with van der Waals surface area (Å²) in [6.07, 6.45) is 12.1. The summed E-state index contributed by atoms with van der Waals surface area (Å²) in [5.41, 5.74) is -2.31. The molecule has 1 spiro atoms. The van der Waals surface area contributed by atoms with Crippen LogP contribution in [-0.4, -0.2) is 82.3 Å². The molecule has 4 aliphatic heterocycles. The number of hydrogen-bond acceptors (Lipinski definition) is 6. The zero-order chi connectivity index (χ0) is 24.5. The second-order valence-electron chi connectivity index (χ2n) is 9.86. The molecule has 0 bridgehead atoms. The van der Waals surface area contributed by atoms with E-state index in [1.807, 2.05) is 38.2 Å². The van der Waals surface area contributed by atoms with Gasteiger partial charge in [-0.3, -0.25) is 14.4 Å². The molecule has 34 heavy (non-hydrogen) atoms. The van der Waals surface area contributed by atoms with E-state index in [0.29, 0.717) is 32.4 Å². The lowest BCUT2D eigenvalue weighted by molar-refractivity contribution is -0.163. The van der Waals surface area contributed by atoms with E-state index in [0.717, 1.165) is 19.3 Å². The van der Waals surface area contributed by atoms with Crippen molar-refractivity contribution in [1.82, 2.24) is 9.80 Å². The Kier molecular flexibility index (Phi) is 7.20. The topological polar surface area (TPSA) is 96.4 Å². The standard InChI is InChI=1S/C26H38N2O6/c1-4-7-9-14-27-15-11-13-26-19(22(30)28(18(5-2)17-29)21(26)23(27)31)20-24(32)33-16-10-8-12-25(20,6-3)34-26/h8,11-13,18-21,29H,4-7,9-10,14-17H2,1-3H3/t18-,19-,20-,21?,25+,26-/m0/s1. The van der Waals surface area contributed by atoms with E-state index in [1.54, 1.807) is 4.90 Å². The van der Waals surface area contributed by atoms with Crippen LogP contribution in [0.15, 0.2) is 24.3 Å². The van der Waals surface area contributed by atoms with Crippen molar-refractivity contribution in [3.63, 3.8) is 0 Å². The number of unbranched alkanes of at least 4 members (excludes halogenated alkanes) is 2. The lowest BCUT2D eigenvalue weighted by atomic mass is 9.73. The molecule has 188 valence electrons. The first-order valence-electron chi connectivity index (χ1n) is 12.8. The molecule has 8 nitrogen and oxygen atoms in total. The Balaban J connectivity index is 1.85. The fraction of sp³-hybridized carbons (Fsp3) is 0.731. The van der Waals surface area contributed by atoms with Crippen molar-refractivity contribution in [2.24, 2.45) is 11.8 Å². The number of cyclic esters (lactones) is 1. The van der Waals surface area contributed by atoms with E-state index in [1.165, 1.54) is 4.90 Å². The normalized spacial score (nSPS) is 35.9. The molecule has 8 heteroatoms. The summed E-state index contributed by atoms with van der Waals surface area (Å²) in [5.74, 6) is -2.69. The van der Waals surface area contributed by atoms with E-state index < -0.39 is 41.1 Å². The number of carbonyl (C=O) groups is 3. The van der Waals surface area contributed by atoms with Crippen LogP contribution in [0.1, 0.15) is 59.3 Å². The van der Waals surface area contributed by atoms with Gasteiger partial charge in [0.1, 0.15) is 23.2 Å². The molecule has 1 N–H and O–H groups in total. The third kappa shape index (κ3) is 3.70. The van der Waals surface area contributed by atoms with Gasteiger partial charge in [0, 0.05) is 13.1 Å². The summed E-state index contributed by atoms with van der Waals surface area (Å²) in [7, 11) is 0. The van der Waals surface area contributed by atoms with E-state index in [-0.39, 0.29) is 25.0 Å². The zero-order valence-electron chi connectivity index (χ0n) is 20.6. The highest BCUT2D eigenvalue weighted by atomic mass is 16.6. The van der Waals surface area contributed by atoms with Gasteiger partial charge in [-0.25, -0.2) is 0 Å². The van der Waals surface area contributed by atoms with Gasteiger partial charge in [-0.05, 0) is 25.7 Å². The Hall–Kier alpha value is -2.19. The van der Waals surface area contributed by atoms with Gasteiger partial charge in [-0.15, -0.1) is 0 Å². The SMILES string of the molecule is CCCCCN1CC=C[C@]23O[C@]4(CC)C=CCCOC(=O)[C@@H]4[C@H]2C(=O)N([C@@H](CC)CO)C3C1=O. The maximum absolute atomic E-state index is 14.1. The molecule has 0 aromatic heterocycles. The molecule has 4 aliphatic rings. The Morgan fingerprint density at radius 3 is 2.56 bits per heavy atom. The summed E-state index contributed by atoms with van der Waals surface area (Å²) in [5, 5.41) is 10.1. The van der Waals surface area contributed by atoms with Crippen molar-refractivity contribution >= 4 is 17.8 Å². The van der Waals surface area contributed by atoms with Crippen LogP contribution in [0.4, 0.5) is 0 Å². The molecule has 2 amide bonds. The van der Waals surface area contributed by atoms with Gasteiger partial charge in [-0.1, -0.05) is 57.9 Å². The number of hydrogen-bond donors (Lipinski definition) is 1. The molecule has 4 rings (SSSR count). The van der Waals surface area contributed by atoms with Crippen LogP contribution in [0.5, 0.6) is 0 Å². The van der Waals surface area contributed by atoms with Crippen molar-refractivity contribution < 1.29 is 29.0 Å². The summed E-state index contributed by atoms with van der Waals surface area (Å²) >= 11 is 0. The monoisotopic (exact) mass is 474 g/mol. The van der Waals surface area contributed by atoms with E-state index in [9.17, 15) is 19.5 Å².